The maximum atomic E-state index is 13.0. The number of halogens is 2. The second-order valence-electron chi connectivity index (χ2n) is 3.66. The standard InChI is InChI=1S/C12H15ClFNO2/c1-3-17-12(16)8(2)7-15-11-6-9(14)4-5-10(11)13/h4-6,8,15H,3,7H2,1-2H3. The molecule has 5 heteroatoms. The lowest BCUT2D eigenvalue weighted by atomic mass is 10.2. The summed E-state index contributed by atoms with van der Waals surface area (Å²) in [6.45, 7) is 4.19. The van der Waals surface area contributed by atoms with Gasteiger partial charge in [-0.15, -0.1) is 0 Å². The van der Waals surface area contributed by atoms with Gasteiger partial charge in [-0.05, 0) is 25.1 Å². The Morgan fingerprint density at radius 2 is 2.29 bits per heavy atom. The smallest absolute Gasteiger partial charge is 0.310 e. The van der Waals surface area contributed by atoms with Gasteiger partial charge in [-0.3, -0.25) is 4.79 Å². The minimum Gasteiger partial charge on any atom is -0.466 e. The predicted molar refractivity (Wildman–Crippen MR) is 65.7 cm³/mol. The van der Waals surface area contributed by atoms with Crippen molar-refractivity contribution in [3.8, 4) is 0 Å². The molecule has 0 fully saturated rings. The van der Waals surface area contributed by atoms with Crippen molar-refractivity contribution in [2.45, 2.75) is 13.8 Å². The molecule has 0 saturated carbocycles. The number of hydrogen-bond acceptors (Lipinski definition) is 3. The summed E-state index contributed by atoms with van der Waals surface area (Å²) >= 11 is 5.88. The molecule has 1 aromatic rings. The van der Waals surface area contributed by atoms with Crippen molar-refractivity contribution in [2.24, 2.45) is 5.92 Å². The summed E-state index contributed by atoms with van der Waals surface area (Å²) < 4.78 is 17.8. The quantitative estimate of drug-likeness (QED) is 0.826. The van der Waals surface area contributed by atoms with E-state index in [-0.39, 0.29) is 17.7 Å². The maximum absolute atomic E-state index is 13.0. The summed E-state index contributed by atoms with van der Waals surface area (Å²) in [6.07, 6.45) is 0. The van der Waals surface area contributed by atoms with E-state index in [0.29, 0.717) is 23.9 Å². The van der Waals surface area contributed by atoms with Gasteiger partial charge in [0.25, 0.3) is 0 Å². The van der Waals surface area contributed by atoms with Crippen LogP contribution < -0.4 is 5.32 Å². The topological polar surface area (TPSA) is 38.3 Å². The van der Waals surface area contributed by atoms with E-state index >= 15 is 0 Å². The summed E-state index contributed by atoms with van der Waals surface area (Å²) in [4.78, 5) is 11.3. The molecule has 0 amide bonds. The molecule has 0 aromatic heterocycles. The number of ether oxygens (including phenoxy) is 1. The molecule has 1 N–H and O–H groups in total. The second kappa shape index (κ2) is 6.45. The average Bonchev–Trinajstić information content (AvgIpc) is 2.30. The summed E-state index contributed by atoms with van der Waals surface area (Å²) in [5.41, 5.74) is 0.475. The highest BCUT2D eigenvalue weighted by Gasteiger charge is 2.14. The second-order valence-corrected chi connectivity index (χ2v) is 4.07. The van der Waals surface area contributed by atoms with E-state index < -0.39 is 0 Å². The van der Waals surface area contributed by atoms with Crippen LogP contribution in [0.15, 0.2) is 18.2 Å². The molecule has 1 aromatic carbocycles. The molecular formula is C12H15ClFNO2. The van der Waals surface area contributed by atoms with Crippen LogP contribution in [0.2, 0.25) is 5.02 Å². The van der Waals surface area contributed by atoms with Crippen molar-refractivity contribution in [3.05, 3.63) is 29.0 Å². The molecule has 3 nitrogen and oxygen atoms in total. The molecule has 0 aliphatic rings. The van der Waals surface area contributed by atoms with Crippen molar-refractivity contribution in [3.63, 3.8) is 0 Å². The normalized spacial score (nSPS) is 12.0. The SMILES string of the molecule is CCOC(=O)C(C)CNc1cc(F)ccc1Cl. The fourth-order valence-corrected chi connectivity index (χ4v) is 1.45. The van der Waals surface area contributed by atoms with Gasteiger partial charge in [-0.25, -0.2) is 4.39 Å². The summed E-state index contributed by atoms with van der Waals surface area (Å²) in [5.74, 6) is -0.970. The third kappa shape index (κ3) is 4.23. The molecule has 94 valence electrons. The molecule has 0 aliphatic heterocycles. The number of carbonyl (C=O) groups excluding carboxylic acids is 1. The van der Waals surface area contributed by atoms with Crippen LogP contribution in [0.5, 0.6) is 0 Å². The number of hydrogen-bond donors (Lipinski definition) is 1. The van der Waals surface area contributed by atoms with Gasteiger partial charge in [0.1, 0.15) is 5.82 Å². The zero-order valence-electron chi connectivity index (χ0n) is 9.80. The lowest BCUT2D eigenvalue weighted by Crippen LogP contribution is -2.22. The molecular weight excluding hydrogens is 245 g/mol. The highest BCUT2D eigenvalue weighted by atomic mass is 35.5. The van der Waals surface area contributed by atoms with Crippen LogP contribution in [0.3, 0.4) is 0 Å². The number of rotatable bonds is 5. The van der Waals surface area contributed by atoms with E-state index in [9.17, 15) is 9.18 Å². The third-order valence-corrected chi connectivity index (χ3v) is 2.55. The average molecular weight is 260 g/mol. The van der Waals surface area contributed by atoms with Gasteiger partial charge in [0.05, 0.1) is 23.2 Å². The lowest BCUT2D eigenvalue weighted by molar-refractivity contribution is -0.146. The fourth-order valence-electron chi connectivity index (χ4n) is 1.26. The van der Waals surface area contributed by atoms with Gasteiger partial charge < -0.3 is 10.1 Å². The van der Waals surface area contributed by atoms with E-state index in [1.807, 2.05) is 0 Å². The van der Waals surface area contributed by atoms with Crippen molar-refractivity contribution in [1.82, 2.24) is 0 Å². The van der Waals surface area contributed by atoms with Crippen LogP contribution in [0.25, 0.3) is 0 Å². The highest BCUT2D eigenvalue weighted by molar-refractivity contribution is 6.33. The number of benzene rings is 1. The van der Waals surface area contributed by atoms with Gasteiger partial charge in [-0.2, -0.15) is 0 Å². The van der Waals surface area contributed by atoms with E-state index in [4.69, 9.17) is 16.3 Å². The van der Waals surface area contributed by atoms with Crippen LogP contribution >= 0.6 is 11.6 Å². The minimum atomic E-state index is -0.374. The minimum absolute atomic E-state index is 0.285. The molecule has 1 unspecified atom stereocenters. The lowest BCUT2D eigenvalue weighted by Gasteiger charge is -2.13. The van der Waals surface area contributed by atoms with Crippen molar-refractivity contribution < 1.29 is 13.9 Å². The Hall–Kier alpha value is -1.29. The Morgan fingerprint density at radius 3 is 2.94 bits per heavy atom. The Kier molecular flexibility index (Phi) is 5.22. The number of anilines is 1. The van der Waals surface area contributed by atoms with Crippen LogP contribution in [0, 0.1) is 11.7 Å². The van der Waals surface area contributed by atoms with E-state index in [2.05, 4.69) is 5.32 Å². The Labute approximate surface area is 105 Å². The van der Waals surface area contributed by atoms with E-state index in [0.717, 1.165) is 0 Å². The molecule has 17 heavy (non-hydrogen) atoms. The van der Waals surface area contributed by atoms with Crippen molar-refractivity contribution in [1.29, 1.82) is 0 Å². The van der Waals surface area contributed by atoms with Crippen molar-refractivity contribution in [2.75, 3.05) is 18.5 Å². The largest absolute Gasteiger partial charge is 0.466 e. The van der Waals surface area contributed by atoms with Gasteiger partial charge in [0.15, 0.2) is 0 Å². The van der Waals surface area contributed by atoms with Gasteiger partial charge in [-0.1, -0.05) is 18.5 Å². The van der Waals surface area contributed by atoms with Gasteiger partial charge in [0, 0.05) is 6.54 Å². The first kappa shape index (κ1) is 13.8. The summed E-state index contributed by atoms with van der Waals surface area (Å²) in [6, 6.07) is 4.04. The number of esters is 1. The molecule has 0 radical (unpaired) electrons. The van der Waals surface area contributed by atoms with Crippen LogP contribution in [-0.2, 0) is 9.53 Å². The number of carbonyl (C=O) groups is 1. The summed E-state index contributed by atoms with van der Waals surface area (Å²) in [5, 5.41) is 3.34. The summed E-state index contributed by atoms with van der Waals surface area (Å²) in [7, 11) is 0. The zero-order valence-corrected chi connectivity index (χ0v) is 10.6. The van der Waals surface area contributed by atoms with Gasteiger partial charge in [0.2, 0.25) is 0 Å². The monoisotopic (exact) mass is 259 g/mol. The van der Waals surface area contributed by atoms with E-state index in [1.165, 1.54) is 18.2 Å². The Balaban J connectivity index is 2.55. The zero-order chi connectivity index (χ0) is 12.8. The Morgan fingerprint density at radius 1 is 1.59 bits per heavy atom. The highest BCUT2D eigenvalue weighted by Crippen LogP contribution is 2.22. The van der Waals surface area contributed by atoms with Gasteiger partial charge >= 0.3 is 5.97 Å². The van der Waals surface area contributed by atoms with E-state index in [1.54, 1.807) is 13.8 Å². The molecule has 0 spiro atoms. The first-order valence-electron chi connectivity index (χ1n) is 5.40. The molecule has 0 aliphatic carbocycles. The molecule has 1 atom stereocenters. The molecule has 0 heterocycles. The fraction of sp³-hybridized carbons (Fsp3) is 0.417. The number of nitrogens with one attached hydrogen (secondary N) is 1. The Bertz CT molecular complexity index is 398. The molecule has 0 saturated heterocycles. The first-order chi connectivity index (χ1) is 8.04. The van der Waals surface area contributed by atoms with Crippen LogP contribution in [-0.4, -0.2) is 19.1 Å². The maximum Gasteiger partial charge on any atom is 0.310 e. The third-order valence-electron chi connectivity index (χ3n) is 2.22. The van der Waals surface area contributed by atoms with Crippen LogP contribution in [0.1, 0.15) is 13.8 Å². The predicted octanol–water partition coefficient (Wildman–Crippen LogP) is 3.09. The molecule has 0 bridgehead atoms. The molecule has 1 rings (SSSR count). The van der Waals surface area contributed by atoms with Crippen molar-refractivity contribution >= 4 is 23.3 Å². The first-order valence-corrected chi connectivity index (χ1v) is 5.78. The van der Waals surface area contributed by atoms with Crippen LogP contribution in [0.4, 0.5) is 10.1 Å².